The third-order valence-corrected chi connectivity index (χ3v) is 25.2. The number of imide groups is 4. The summed E-state index contributed by atoms with van der Waals surface area (Å²) < 4.78 is 69.9. The Hall–Kier alpha value is -11.7. The quantitative estimate of drug-likeness (QED) is 0.0175. The van der Waals surface area contributed by atoms with E-state index in [-0.39, 0.29) is 125 Å². The number of carbonyl (C=O) groups is 12. The van der Waals surface area contributed by atoms with Crippen LogP contribution in [0.25, 0.3) is 10.0 Å². The average molecular weight is 2000 g/mol. The maximum absolute atomic E-state index is 13.2. The monoisotopic (exact) mass is 2000 g/mol. The Morgan fingerprint density at radius 1 is 0.446 bits per heavy atom. The van der Waals surface area contributed by atoms with Gasteiger partial charge in [-0.3, -0.25) is 97.1 Å². The number of halogens is 2. The fourth-order valence-corrected chi connectivity index (χ4v) is 18.0. The number of aliphatic imine (C=N–C) groups is 2. The lowest BCUT2D eigenvalue weighted by Crippen LogP contribution is -2.54. The van der Waals surface area contributed by atoms with Crippen LogP contribution in [0.3, 0.4) is 0 Å². The minimum absolute atomic E-state index is 0. The molecule has 43 heteroatoms. The lowest BCUT2D eigenvalue weighted by Gasteiger charge is -2.27. The first-order valence-electron chi connectivity index (χ1n) is 44.9. The highest BCUT2D eigenvalue weighted by Gasteiger charge is 2.48. The van der Waals surface area contributed by atoms with E-state index in [1.807, 2.05) is 71.5 Å². The summed E-state index contributed by atoms with van der Waals surface area (Å²) in [5, 5.41) is 39.8. The van der Waals surface area contributed by atoms with E-state index in [2.05, 4.69) is 76.3 Å². The Morgan fingerprint density at radius 3 is 1.20 bits per heavy atom. The summed E-state index contributed by atoms with van der Waals surface area (Å²) in [5.74, 6) is -4.06. The molecule has 0 spiro atoms. The van der Waals surface area contributed by atoms with Crippen molar-refractivity contribution in [3.8, 4) is 21.5 Å². The predicted molar refractivity (Wildman–Crippen MR) is 513 cm³/mol. The molecule has 0 radical (unpaired) electrons. The van der Waals surface area contributed by atoms with Gasteiger partial charge in [0.15, 0.2) is 24.0 Å². The molecule has 748 valence electrons. The SMILES string of the molecule is C.C.CCCOCCOCCOCCOCCOCCCC(=O)COc1cccc2c1C(=O)N(C1CCC(=O)NC1=O)C2=O.Cc1sc2c(c1C)C(c1ccc(Cl)cc1)=N[C@@H](CC(=O)NCCOCCOCCOCCOCCOCCNC(=O)COc1cccc3c1C(=O)N(C1CCC(=O)NC1=O)C3=O)c1nnc(C)n1-2.Cc1sc2c(c1C)C(c1ccc(Cl)cc1)=N[C@@H](CC(=O)O)c1nnc(C)n1-2. The number of nitrogens with zero attached hydrogens (tertiary/aromatic N) is 10. The van der Waals surface area contributed by atoms with Crippen LogP contribution in [0, 0.1) is 41.5 Å². The Kier molecular flexibility index (Phi) is 42.6. The van der Waals surface area contributed by atoms with Gasteiger partial charge in [0.2, 0.25) is 29.5 Å². The number of carbonyl (C=O) groups excluding carboxylic acids is 11. The fourth-order valence-electron chi connectivity index (χ4n) is 15.3. The van der Waals surface area contributed by atoms with Gasteiger partial charge in [-0.1, -0.05) is 81.4 Å². The molecule has 2 unspecified atom stereocenters. The first-order valence-corrected chi connectivity index (χ1v) is 47.3. The third-order valence-electron chi connectivity index (χ3n) is 22.3. The molecule has 10 amide bonds. The number of nitrogens with one attached hydrogen (secondary N) is 4. The second-order valence-electron chi connectivity index (χ2n) is 31.9. The number of hydrogen-bond donors (Lipinski definition) is 5. The van der Waals surface area contributed by atoms with Crippen LogP contribution in [0.2, 0.25) is 10.0 Å². The van der Waals surface area contributed by atoms with Gasteiger partial charge >= 0.3 is 5.97 Å². The number of amides is 10. The summed E-state index contributed by atoms with van der Waals surface area (Å²) in [6, 6.07) is 20.6. The Balaban J connectivity index is 0.000000237. The lowest BCUT2D eigenvalue weighted by molar-refractivity contribution is -0.138. The second kappa shape index (κ2) is 54.2. The average Bonchev–Trinajstić information content (AvgIpc) is 1.60. The molecule has 8 aromatic rings. The highest BCUT2D eigenvalue weighted by molar-refractivity contribution is 7.15. The summed E-state index contributed by atoms with van der Waals surface area (Å²) in [7, 11) is 0. The van der Waals surface area contributed by atoms with Crippen LogP contribution in [0.5, 0.6) is 11.5 Å². The van der Waals surface area contributed by atoms with E-state index >= 15 is 0 Å². The van der Waals surface area contributed by atoms with Crippen LogP contribution in [0.1, 0.15) is 200 Å². The molecule has 139 heavy (non-hydrogen) atoms. The number of carboxylic acids is 1. The van der Waals surface area contributed by atoms with Gasteiger partial charge in [-0.25, -0.2) is 0 Å². The Labute approximate surface area is 822 Å². The minimum atomic E-state index is -1.11. The van der Waals surface area contributed by atoms with E-state index in [1.54, 1.807) is 28.7 Å². The molecule has 4 atom stereocenters. The zero-order valence-electron chi connectivity index (χ0n) is 77.0. The number of piperidine rings is 2. The molecule has 39 nitrogen and oxygen atoms in total. The molecule has 14 rings (SSSR count). The molecule has 2 fully saturated rings. The Morgan fingerprint density at radius 2 is 0.813 bits per heavy atom. The molecule has 2 saturated heterocycles. The highest BCUT2D eigenvalue weighted by Crippen LogP contribution is 2.43. The molecule has 0 aliphatic carbocycles. The third kappa shape index (κ3) is 29.0. The number of rotatable bonds is 50. The van der Waals surface area contributed by atoms with Gasteiger partial charge in [-0.2, -0.15) is 0 Å². The topological polar surface area (TPSA) is 477 Å². The summed E-state index contributed by atoms with van der Waals surface area (Å²) in [6.45, 7) is 22.3. The van der Waals surface area contributed by atoms with Gasteiger partial charge < -0.3 is 72.6 Å². The van der Waals surface area contributed by atoms with Crippen molar-refractivity contribution < 1.29 is 119 Å². The number of Topliss-reactive ketones (excluding diaryl/α,β-unsaturated/α-hetero) is 1. The van der Waals surface area contributed by atoms with E-state index in [0.717, 1.165) is 89.3 Å². The van der Waals surface area contributed by atoms with Gasteiger partial charge in [-0.15, -0.1) is 43.1 Å². The number of aliphatic carboxylic acids is 1. The van der Waals surface area contributed by atoms with E-state index in [4.69, 9.17) is 90.0 Å². The van der Waals surface area contributed by atoms with Crippen molar-refractivity contribution in [2.45, 2.75) is 145 Å². The number of aromatic nitrogens is 6. The lowest BCUT2D eigenvalue weighted by atomic mass is 9.99. The first-order chi connectivity index (χ1) is 66.2. The van der Waals surface area contributed by atoms with Crippen LogP contribution in [0.4, 0.5) is 0 Å². The zero-order valence-corrected chi connectivity index (χ0v) is 80.2. The van der Waals surface area contributed by atoms with Crippen molar-refractivity contribution in [3.05, 3.63) is 184 Å². The number of hydrogen-bond acceptors (Lipinski definition) is 32. The molecule has 5 N–H and O–H groups in total. The number of ketones is 1. The summed E-state index contributed by atoms with van der Waals surface area (Å²) in [4.78, 5) is 163. The number of ether oxygens (including phenoxy) is 12. The molecule has 0 bridgehead atoms. The largest absolute Gasteiger partial charge is 0.485 e. The number of benzene rings is 4. The van der Waals surface area contributed by atoms with Gasteiger partial charge in [0.1, 0.15) is 63.9 Å². The van der Waals surface area contributed by atoms with Gasteiger partial charge in [0.05, 0.1) is 165 Å². The summed E-state index contributed by atoms with van der Waals surface area (Å²) in [5.41, 5.74) is 7.72. The molecule has 0 saturated carbocycles. The Bertz CT molecular complexity index is 5720. The number of fused-ring (bicyclic) bond motifs is 8. The predicted octanol–water partition coefficient (Wildman–Crippen LogP) is 9.84. The molecule has 6 aliphatic rings. The van der Waals surface area contributed by atoms with Crippen LogP contribution in [-0.2, 0) is 85.7 Å². The van der Waals surface area contributed by atoms with Crippen molar-refractivity contribution >= 4 is 128 Å². The van der Waals surface area contributed by atoms with Crippen LogP contribution in [-0.4, -0.2) is 297 Å². The maximum atomic E-state index is 13.2. The molecule has 4 aromatic heterocycles. The van der Waals surface area contributed by atoms with Crippen molar-refractivity contribution in [2.24, 2.45) is 9.98 Å². The van der Waals surface area contributed by atoms with Crippen molar-refractivity contribution in [2.75, 3.05) is 158 Å². The molecular weight excluding hydrogens is 1880 g/mol. The standard InChI is InChI=1S/C46H53ClN8O12S.C29H40N2O11.C19H17ClN4O2S.2CH4/c1-27-28(2)68-46-39(27)41(30-7-9-31(47)10-8-30)50-33(42-53-52-29(3)54(42)46)25-37(57)48-13-15-62-17-19-64-21-23-66-24-22-65-20-18-63-16-14-49-38(58)26-67-35-6-4-5-32-40(35)45(61)55(44(32)60)34-11-12-36(56)51-43(34)59;1-2-10-37-12-14-39-16-18-41-19-17-40-15-13-38-11-4-5-21(32)20-42-24-7-3-6-22-26(24)29(36)31(28(22)35)23-8-9-25(33)30-27(23)34;1-9-10(2)27-19-16(9)17(12-4-6-13(20)7-5-12)21-14(8-15(25)26)18-23-22-11(3)24(18)19;;/h4-10,33-34H,11-26H2,1-3H3,(H,48,57)(H,49,58)(H,51,56,59);3,6-7,23H,2,4-5,8-20H2,1H3,(H,30,33,34);4-7,14H,8H2,1-3H3,(H,25,26);2*1H4/t33-,34?;;14-;;/m0.0../s1. The van der Waals surface area contributed by atoms with Gasteiger partial charge in [0, 0.05) is 87.6 Å². The van der Waals surface area contributed by atoms with Gasteiger partial charge in [0.25, 0.3) is 29.5 Å². The van der Waals surface area contributed by atoms with E-state index in [9.17, 15) is 62.6 Å². The molecule has 10 heterocycles. The maximum Gasteiger partial charge on any atom is 0.306 e. The van der Waals surface area contributed by atoms with Crippen LogP contribution >= 0.6 is 45.9 Å². The summed E-state index contributed by atoms with van der Waals surface area (Å²) >= 11 is 15.6. The number of thiophene rings is 2. The number of aryl methyl sites for hydroxylation is 4. The van der Waals surface area contributed by atoms with Crippen molar-refractivity contribution in [1.82, 2.24) is 60.6 Å². The minimum Gasteiger partial charge on any atom is -0.485 e. The second-order valence-corrected chi connectivity index (χ2v) is 35.2. The molecule has 4 aromatic carbocycles. The van der Waals surface area contributed by atoms with E-state index in [0.29, 0.717) is 154 Å². The molecular formula is C96H118Cl2N14O25S2. The van der Waals surface area contributed by atoms with E-state index in [1.165, 1.54) is 40.1 Å². The van der Waals surface area contributed by atoms with Crippen molar-refractivity contribution in [3.63, 3.8) is 0 Å². The first kappa shape index (κ1) is 109. The van der Waals surface area contributed by atoms with Crippen LogP contribution < -0.4 is 30.7 Å². The zero-order chi connectivity index (χ0) is 97.6. The normalized spacial score (nSPS) is 16.1. The summed E-state index contributed by atoms with van der Waals surface area (Å²) in [6.07, 6.45) is 1.74. The van der Waals surface area contributed by atoms with Crippen molar-refractivity contribution in [1.29, 1.82) is 0 Å². The van der Waals surface area contributed by atoms with Gasteiger partial charge in [-0.05, 0) is 127 Å². The smallest absolute Gasteiger partial charge is 0.306 e. The molecule has 6 aliphatic heterocycles. The van der Waals surface area contributed by atoms with Crippen LogP contribution in [0.15, 0.2) is 94.9 Å². The highest BCUT2D eigenvalue weighted by atomic mass is 35.5. The fraction of sp³-hybridized carbons (Fsp3) is 0.479. The number of carboxylic acid groups (broad SMARTS) is 1. The van der Waals surface area contributed by atoms with E-state index < -0.39 is 89.9 Å².